The van der Waals surface area contributed by atoms with Crippen molar-refractivity contribution in [3.8, 4) is 5.75 Å². The van der Waals surface area contributed by atoms with Crippen molar-refractivity contribution in [3.05, 3.63) is 78.4 Å². The first kappa shape index (κ1) is 19.6. The lowest BCUT2D eigenvalue weighted by molar-refractivity contribution is -0.132. The number of aliphatic hydroxyl groups excluding tert-OH is 1. The molecule has 3 rings (SSSR count). The van der Waals surface area contributed by atoms with Crippen LogP contribution in [0, 0.1) is 0 Å². The van der Waals surface area contributed by atoms with Gasteiger partial charge in [-0.3, -0.25) is 9.69 Å². The van der Waals surface area contributed by atoms with E-state index in [0.717, 1.165) is 10.5 Å². The fourth-order valence-corrected chi connectivity index (χ4v) is 3.25. The molecule has 1 heterocycles. The second-order valence-corrected chi connectivity index (χ2v) is 6.90. The summed E-state index contributed by atoms with van der Waals surface area (Å²) in [6.45, 7) is 5.21. The highest BCUT2D eigenvalue weighted by Gasteiger charge is 2.49. The van der Waals surface area contributed by atoms with E-state index in [-0.39, 0.29) is 13.2 Å². The number of ether oxygens (including phenoxy) is 1. The van der Waals surface area contributed by atoms with Crippen molar-refractivity contribution in [2.75, 3.05) is 13.2 Å². The topological polar surface area (TPSA) is 78.9 Å². The molecule has 6 nitrogen and oxygen atoms in total. The molecule has 1 aliphatic rings. The van der Waals surface area contributed by atoms with Crippen LogP contribution in [0.15, 0.2) is 67.3 Å². The summed E-state index contributed by atoms with van der Waals surface area (Å²) in [6.07, 6.45) is 1.41. The molecule has 0 aliphatic carbocycles. The minimum Gasteiger partial charge on any atom is -0.491 e. The van der Waals surface area contributed by atoms with Crippen molar-refractivity contribution >= 4 is 11.9 Å². The van der Waals surface area contributed by atoms with E-state index in [1.807, 2.05) is 42.5 Å². The van der Waals surface area contributed by atoms with Gasteiger partial charge < -0.3 is 15.2 Å². The van der Waals surface area contributed by atoms with Gasteiger partial charge in [0.25, 0.3) is 5.91 Å². The molecule has 2 aromatic rings. The van der Waals surface area contributed by atoms with E-state index in [2.05, 4.69) is 11.9 Å². The molecule has 2 atom stereocenters. The second kappa shape index (κ2) is 8.27. The lowest BCUT2D eigenvalue weighted by Crippen LogP contribution is -2.42. The van der Waals surface area contributed by atoms with E-state index in [0.29, 0.717) is 17.7 Å². The van der Waals surface area contributed by atoms with Crippen LogP contribution in [0.5, 0.6) is 5.75 Å². The smallest absolute Gasteiger partial charge is 0.325 e. The first-order valence-electron chi connectivity index (χ1n) is 9.15. The minimum atomic E-state index is -1.14. The summed E-state index contributed by atoms with van der Waals surface area (Å²) in [5.41, 5.74) is 0.506. The molecule has 0 radical (unpaired) electrons. The molecule has 0 saturated carbocycles. The largest absolute Gasteiger partial charge is 0.491 e. The lowest BCUT2D eigenvalue weighted by Gasteiger charge is -2.23. The van der Waals surface area contributed by atoms with Crippen LogP contribution < -0.4 is 10.1 Å². The van der Waals surface area contributed by atoms with Crippen molar-refractivity contribution in [1.29, 1.82) is 0 Å². The molecule has 1 aliphatic heterocycles. The van der Waals surface area contributed by atoms with Gasteiger partial charge in [0, 0.05) is 0 Å². The Hall–Kier alpha value is -3.12. The maximum absolute atomic E-state index is 12.9. The van der Waals surface area contributed by atoms with Crippen molar-refractivity contribution in [2.45, 2.75) is 25.0 Å². The zero-order valence-corrected chi connectivity index (χ0v) is 15.8. The van der Waals surface area contributed by atoms with Gasteiger partial charge in [-0.15, -0.1) is 6.58 Å². The molecule has 2 N–H and O–H groups in total. The predicted molar refractivity (Wildman–Crippen MR) is 106 cm³/mol. The number of benzene rings is 2. The highest BCUT2D eigenvalue weighted by atomic mass is 16.5. The Morgan fingerprint density at radius 1 is 1.18 bits per heavy atom. The number of carbonyl (C=O) groups excluding carboxylic acids is 2. The normalized spacial score (nSPS) is 20.0. The number of nitrogens with zero attached hydrogens (tertiary/aromatic N) is 1. The third kappa shape index (κ3) is 3.92. The molecule has 6 heteroatoms. The van der Waals surface area contributed by atoms with Gasteiger partial charge in [0.15, 0.2) is 0 Å². The van der Waals surface area contributed by atoms with Crippen LogP contribution in [-0.2, 0) is 16.8 Å². The first-order valence-corrected chi connectivity index (χ1v) is 9.15. The summed E-state index contributed by atoms with van der Waals surface area (Å²) in [5, 5.41) is 13.1. The number of allylic oxidation sites excluding steroid dienone is 1. The Labute approximate surface area is 164 Å². The van der Waals surface area contributed by atoms with Gasteiger partial charge >= 0.3 is 6.03 Å². The maximum atomic E-state index is 12.9. The summed E-state index contributed by atoms with van der Waals surface area (Å²) >= 11 is 0. The van der Waals surface area contributed by atoms with E-state index < -0.39 is 23.6 Å². The Morgan fingerprint density at radius 3 is 2.57 bits per heavy atom. The summed E-state index contributed by atoms with van der Waals surface area (Å²) in [6, 6.07) is 16.0. The van der Waals surface area contributed by atoms with Gasteiger partial charge in [0.05, 0.1) is 6.54 Å². The molecule has 146 valence electrons. The van der Waals surface area contributed by atoms with Crippen LogP contribution in [0.1, 0.15) is 18.1 Å². The van der Waals surface area contributed by atoms with Gasteiger partial charge in [0.2, 0.25) is 0 Å². The van der Waals surface area contributed by atoms with Crippen molar-refractivity contribution < 1.29 is 19.4 Å². The molecular formula is C22H24N2O4. The molecule has 2 unspecified atom stereocenters. The van der Waals surface area contributed by atoms with Crippen molar-refractivity contribution in [1.82, 2.24) is 10.2 Å². The Kier molecular flexibility index (Phi) is 5.80. The molecule has 3 amide bonds. The van der Waals surface area contributed by atoms with Gasteiger partial charge in [-0.2, -0.15) is 0 Å². The molecule has 1 saturated heterocycles. The Morgan fingerprint density at radius 2 is 1.86 bits per heavy atom. The number of hydrogen-bond donors (Lipinski definition) is 2. The predicted octanol–water partition coefficient (Wildman–Crippen LogP) is 2.62. The number of urea groups is 1. The van der Waals surface area contributed by atoms with E-state index in [1.54, 1.807) is 25.1 Å². The van der Waals surface area contributed by atoms with Crippen molar-refractivity contribution in [3.63, 3.8) is 0 Å². The van der Waals surface area contributed by atoms with Crippen molar-refractivity contribution in [2.24, 2.45) is 0 Å². The molecule has 0 bridgehead atoms. The fraction of sp³-hybridized carbons (Fsp3) is 0.273. The molecule has 0 aromatic heterocycles. The van der Waals surface area contributed by atoms with Crippen LogP contribution in [0.4, 0.5) is 4.79 Å². The maximum Gasteiger partial charge on any atom is 0.325 e. The average molecular weight is 380 g/mol. The second-order valence-electron chi connectivity index (χ2n) is 6.90. The van der Waals surface area contributed by atoms with Gasteiger partial charge in [-0.05, 0) is 30.5 Å². The summed E-state index contributed by atoms with van der Waals surface area (Å²) in [5.74, 6) is 0.252. The number of amides is 3. The number of rotatable bonds is 8. The monoisotopic (exact) mass is 380 g/mol. The summed E-state index contributed by atoms with van der Waals surface area (Å²) in [7, 11) is 0. The zero-order chi connectivity index (χ0) is 20.1. The van der Waals surface area contributed by atoms with Gasteiger partial charge in [0.1, 0.15) is 24.0 Å². The molecule has 1 fully saturated rings. The number of hydrogen-bond acceptors (Lipinski definition) is 4. The summed E-state index contributed by atoms with van der Waals surface area (Å²) in [4.78, 5) is 26.3. The number of β-amino-alcohol motifs (C(OH)–C–C–N with tert-alkyl or cyclic N) is 1. The number of para-hydroxylation sites is 1. The van der Waals surface area contributed by atoms with E-state index in [9.17, 15) is 14.7 Å². The van der Waals surface area contributed by atoms with Gasteiger partial charge in [-0.25, -0.2) is 4.79 Å². The number of carbonyl (C=O) groups is 2. The molecule has 28 heavy (non-hydrogen) atoms. The van der Waals surface area contributed by atoms with Gasteiger partial charge in [-0.1, -0.05) is 54.6 Å². The van der Waals surface area contributed by atoms with Crippen LogP contribution in [0.2, 0.25) is 0 Å². The highest BCUT2D eigenvalue weighted by molar-refractivity contribution is 6.07. The molecule has 0 spiro atoms. The number of aliphatic hydroxyl groups is 1. The third-order valence-electron chi connectivity index (χ3n) is 4.79. The van der Waals surface area contributed by atoms with E-state index in [4.69, 9.17) is 4.74 Å². The summed E-state index contributed by atoms with van der Waals surface area (Å²) < 4.78 is 5.70. The quantitative estimate of drug-likeness (QED) is 0.545. The average Bonchev–Trinajstić information content (AvgIpc) is 2.92. The van der Waals surface area contributed by atoms with E-state index >= 15 is 0 Å². The first-order chi connectivity index (χ1) is 13.5. The number of nitrogens with one attached hydrogen (secondary N) is 1. The van der Waals surface area contributed by atoms with Crippen LogP contribution in [0.3, 0.4) is 0 Å². The highest BCUT2D eigenvalue weighted by Crippen LogP contribution is 2.28. The third-order valence-corrected chi connectivity index (χ3v) is 4.79. The van der Waals surface area contributed by atoms with Crippen LogP contribution >= 0.6 is 0 Å². The Bertz CT molecular complexity index is 868. The molecule has 2 aromatic carbocycles. The standard InChI is InChI=1S/C22H24N2O4/c1-3-9-16-10-7-8-13-19(16)28-15-18(25)14-24-20(26)22(2,23-21(24)27)17-11-5-4-6-12-17/h3-8,10-13,18,25H,1,9,14-15H2,2H3,(H,23,27). The lowest BCUT2D eigenvalue weighted by atomic mass is 9.92. The zero-order valence-electron chi connectivity index (χ0n) is 15.8. The minimum absolute atomic E-state index is 0.0345. The van der Waals surface area contributed by atoms with Crippen LogP contribution in [0.25, 0.3) is 0 Å². The Balaban J connectivity index is 1.64. The number of imide groups is 1. The SMILES string of the molecule is C=CCc1ccccc1OCC(O)CN1C(=O)NC(C)(c2ccccc2)C1=O. The fourth-order valence-electron chi connectivity index (χ4n) is 3.25. The van der Waals surface area contributed by atoms with E-state index in [1.165, 1.54) is 0 Å². The molecular weight excluding hydrogens is 356 g/mol. The van der Waals surface area contributed by atoms with Crippen LogP contribution in [-0.4, -0.2) is 41.2 Å².